The Balaban J connectivity index is 1.59. The maximum Gasteiger partial charge on any atom is 0.246 e. The van der Waals surface area contributed by atoms with Crippen LogP contribution in [0.3, 0.4) is 0 Å². The number of fused-ring (bicyclic) bond motifs is 1. The normalized spacial score (nSPS) is 14.9. The summed E-state index contributed by atoms with van der Waals surface area (Å²) in [6.45, 7) is 6.78. The van der Waals surface area contributed by atoms with Gasteiger partial charge in [-0.1, -0.05) is 69.1 Å². The van der Waals surface area contributed by atoms with E-state index in [9.17, 15) is 14.9 Å². The Morgan fingerprint density at radius 2 is 1.98 bits per heavy atom. The van der Waals surface area contributed by atoms with Gasteiger partial charge < -0.3 is 9.36 Å². The van der Waals surface area contributed by atoms with Crippen molar-refractivity contribution in [1.82, 2.24) is 9.55 Å². The van der Waals surface area contributed by atoms with E-state index in [2.05, 4.69) is 34.7 Å². The minimum absolute atomic E-state index is 0.193. The number of rotatable bonds is 11. The summed E-state index contributed by atoms with van der Waals surface area (Å²) in [6, 6.07) is 15.8. The van der Waals surface area contributed by atoms with Crippen LogP contribution >= 0.6 is 11.6 Å². The Hall–Kier alpha value is -3.82. The van der Waals surface area contributed by atoms with E-state index in [1.165, 1.54) is 0 Å². The lowest BCUT2D eigenvalue weighted by Gasteiger charge is -2.23. The highest BCUT2D eigenvalue weighted by atomic mass is 35.5. The molecule has 0 spiro atoms. The molecule has 1 aliphatic rings. The number of nitrogens with zero attached hydrogens (tertiary/aromatic N) is 4. The number of benzene rings is 2. The highest BCUT2D eigenvalue weighted by Crippen LogP contribution is 2.30. The molecule has 0 saturated heterocycles. The minimum atomic E-state index is -0.367. The number of halogens is 1. The third-order valence-electron chi connectivity index (χ3n) is 7.70. The van der Waals surface area contributed by atoms with Crippen molar-refractivity contribution in [2.75, 3.05) is 0 Å². The number of hydrogen-bond acceptors (Lipinski definition) is 4. The molecule has 0 radical (unpaired) electrons. The molecule has 0 N–H and O–H groups in total. The van der Waals surface area contributed by atoms with Crippen molar-refractivity contribution in [3.63, 3.8) is 0 Å². The first-order chi connectivity index (χ1) is 19.3. The fraction of sp³-hybridized carbons (Fsp3) is 0.364. The molecule has 1 aliphatic carbocycles. The van der Waals surface area contributed by atoms with Crippen LogP contribution in [0.1, 0.15) is 81.2 Å². The predicted molar refractivity (Wildman–Crippen MR) is 160 cm³/mol. The van der Waals surface area contributed by atoms with E-state index in [4.69, 9.17) is 16.6 Å². The van der Waals surface area contributed by atoms with E-state index in [0.29, 0.717) is 35.7 Å². The SMILES string of the molecule is CCCCc1nc2c(n1Cc1ccc(-c3ccc(Cl)cc3C#N)cc1)CC(=NC(=O)CC(C)(CC)CC=O)C=C2. The topological polar surface area (TPSA) is 88.1 Å². The molecule has 7 heteroatoms. The molecule has 0 bridgehead atoms. The molecule has 4 rings (SSSR count). The van der Waals surface area contributed by atoms with E-state index in [0.717, 1.165) is 65.9 Å². The largest absolute Gasteiger partial charge is 0.327 e. The van der Waals surface area contributed by atoms with Gasteiger partial charge in [0, 0.05) is 37.3 Å². The quantitative estimate of drug-likeness (QED) is 0.231. The third-order valence-corrected chi connectivity index (χ3v) is 7.94. The summed E-state index contributed by atoms with van der Waals surface area (Å²) in [5.41, 5.74) is 5.80. The predicted octanol–water partition coefficient (Wildman–Crippen LogP) is 7.40. The number of aliphatic imine (C=N–C) groups is 1. The van der Waals surface area contributed by atoms with Gasteiger partial charge in [0.25, 0.3) is 0 Å². The average Bonchev–Trinajstić information content (AvgIpc) is 3.28. The summed E-state index contributed by atoms with van der Waals surface area (Å²) in [5, 5.41) is 10.1. The van der Waals surface area contributed by atoms with Crippen LogP contribution in [0.4, 0.5) is 0 Å². The van der Waals surface area contributed by atoms with Gasteiger partial charge in [-0.05, 0) is 59.2 Å². The van der Waals surface area contributed by atoms with Gasteiger partial charge in [0.2, 0.25) is 5.91 Å². The second-order valence-electron chi connectivity index (χ2n) is 10.8. The van der Waals surface area contributed by atoms with Crippen molar-refractivity contribution in [3.05, 3.63) is 81.9 Å². The first-order valence-corrected chi connectivity index (χ1v) is 14.3. The third kappa shape index (κ3) is 6.84. The molecular weight excluding hydrogens is 520 g/mol. The number of carbonyl (C=O) groups is 2. The number of unbranched alkanes of at least 4 members (excludes halogenated alkanes) is 1. The number of carbonyl (C=O) groups excluding carboxylic acids is 2. The monoisotopic (exact) mass is 554 g/mol. The standard InChI is InChI=1S/C33H35ClN4O2/c1-4-6-7-31-37-29-15-13-27(36-32(40)20-33(3,5-2)16-17-39)19-30(29)38(31)22-23-8-10-24(11-9-23)28-14-12-26(34)18-25(28)21-35/h8-15,17-18H,4-7,16,19-20,22H2,1-3H3. The zero-order valence-corrected chi connectivity index (χ0v) is 24.2. The summed E-state index contributed by atoms with van der Waals surface area (Å²) in [6.07, 6.45) is 9.58. The Labute approximate surface area is 241 Å². The Kier molecular flexibility index (Phi) is 9.50. The molecule has 1 amide bonds. The van der Waals surface area contributed by atoms with E-state index in [1.807, 2.05) is 44.2 Å². The number of nitriles is 1. The summed E-state index contributed by atoms with van der Waals surface area (Å²) >= 11 is 6.08. The number of imidazole rings is 1. The second kappa shape index (κ2) is 13.0. The van der Waals surface area contributed by atoms with Gasteiger partial charge in [-0.15, -0.1) is 0 Å². The van der Waals surface area contributed by atoms with E-state index >= 15 is 0 Å². The first kappa shape index (κ1) is 29.2. The zero-order chi connectivity index (χ0) is 28.7. The fourth-order valence-electron chi connectivity index (χ4n) is 5.01. The van der Waals surface area contributed by atoms with Crippen molar-refractivity contribution in [2.45, 2.75) is 72.3 Å². The van der Waals surface area contributed by atoms with Crippen molar-refractivity contribution in [2.24, 2.45) is 10.4 Å². The first-order valence-electron chi connectivity index (χ1n) is 13.9. The van der Waals surface area contributed by atoms with Crippen molar-refractivity contribution >= 4 is 35.6 Å². The van der Waals surface area contributed by atoms with Gasteiger partial charge >= 0.3 is 0 Å². The van der Waals surface area contributed by atoms with E-state index in [-0.39, 0.29) is 17.7 Å². The molecule has 2 aromatic carbocycles. The molecule has 1 heterocycles. The average molecular weight is 555 g/mol. The zero-order valence-electron chi connectivity index (χ0n) is 23.4. The Bertz CT molecular complexity index is 1490. The van der Waals surface area contributed by atoms with Gasteiger partial charge in [-0.2, -0.15) is 5.26 Å². The molecule has 0 saturated carbocycles. The summed E-state index contributed by atoms with van der Waals surface area (Å²) in [5.74, 6) is 0.836. The molecular formula is C33H35ClN4O2. The highest BCUT2D eigenvalue weighted by molar-refractivity contribution is 6.30. The number of aryl methyl sites for hydroxylation is 1. The van der Waals surface area contributed by atoms with Crippen LogP contribution < -0.4 is 0 Å². The maximum absolute atomic E-state index is 12.8. The minimum Gasteiger partial charge on any atom is -0.327 e. The van der Waals surface area contributed by atoms with Crippen molar-refractivity contribution in [1.29, 1.82) is 5.26 Å². The van der Waals surface area contributed by atoms with Gasteiger partial charge in [0.15, 0.2) is 0 Å². The van der Waals surface area contributed by atoms with Gasteiger partial charge in [-0.3, -0.25) is 4.79 Å². The molecule has 1 unspecified atom stereocenters. The maximum atomic E-state index is 12.8. The summed E-state index contributed by atoms with van der Waals surface area (Å²) in [7, 11) is 0. The number of allylic oxidation sites excluding steroid dienone is 1. The van der Waals surface area contributed by atoms with Crippen molar-refractivity contribution in [3.8, 4) is 17.2 Å². The summed E-state index contributed by atoms with van der Waals surface area (Å²) < 4.78 is 2.26. The van der Waals surface area contributed by atoms with Gasteiger partial charge in [-0.25, -0.2) is 9.98 Å². The molecule has 206 valence electrons. The lowest BCUT2D eigenvalue weighted by Crippen LogP contribution is -2.21. The lowest BCUT2D eigenvalue weighted by atomic mass is 9.81. The van der Waals surface area contributed by atoms with Crippen LogP contribution in [0, 0.1) is 16.7 Å². The molecule has 1 atom stereocenters. The van der Waals surface area contributed by atoms with Crippen molar-refractivity contribution < 1.29 is 9.59 Å². The number of amides is 1. The van der Waals surface area contributed by atoms with Crippen LogP contribution in [0.15, 0.2) is 53.5 Å². The molecule has 6 nitrogen and oxygen atoms in total. The smallest absolute Gasteiger partial charge is 0.246 e. The fourth-order valence-corrected chi connectivity index (χ4v) is 5.18. The van der Waals surface area contributed by atoms with Crippen LogP contribution in [0.2, 0.25) is 5.02 Å². The highest BCUT2D eigenvalue weighted by Gasteiger charge is 2.26. The Morgan fingerprint density at radius 1 is 1.20 bits per heavy atom. The molecule has 0 aliphatic heterocycles. The van der Waals surface area contributed by atoms with Crippen LogP contribution in [-0.2, 0) is 29.0 Å². The van der Waals surface area contributed by atoms with Gasteiger partial charge in [0.05, 0.1) is 28.7 Å². The lowest BCUT2D eigenvalue weighted by molar-refractivity contribution is -0.120. The molecule has 3 aromatic rings. The second-order valence-corrected chi connectivity index (χ2v) is 11.2. The van der Waals surface area contributed by atoms with Crippen LogP contribution in [0.5, 0.6) is 0 Å². The number of aldehydes is 1. The number of aromatic nitrogens is 2. The van der Waals surface area contributed by atoms with Crippen LogP contribution in [0.25, 0.3) is 17.2 Å². The number of hydrogen-bond donors (Lipinski definition) is 0. The molecule has 1 aromatic heterocycles. The van der Waals surface area contributed by atoms with Gasteiger partial charge in [0.1, 0.15) is 12.1 Å². The summed E-state index contributed by atoms with van der Waals surface area (Å²) in [4.78, 5) is 33.3. The van der Waals surface area contributed by atoms with Crippen LogP contribution in [-0.4, -0.2) is 27.5 Å². The molecule has 40 heavy (non-hydrogen) atoms. The van der Waals surface area contributed by atoms with E-state index < -0.39 is 0 Å². The molecule has 0 fully saturated rings. The Morgan fingerprint density at radius 3 is 2.65 bits per heavy atom. The van der Waals surface area contributed by atoms with E-state index in [1.54, 1.807) is 12.1 Å².